The van der Waals surface area contributed by atoms with Crippen LogP contribution in [0.25, 0.3) is 0 Å². The molecule has 0 amide bonds. The lowest BCUT2D eigenvalue weighted by Gasteiger charge is -2.07. The van der Waals surface area contributed by atoms with Crippen LogP contribution in [0.15, 0.2) is 35.2 Å². The monoisotopic (exact) mass is 226 g/mol. The van der Waals surface area contributed by atoms with Crippen LogP contribution in [-0.4, -0.2) is 25.9 Å². The molecule has 1 atom stereocenters. The Morgan fingerprint density at radius 3 is 2.27 bits per heavy atom. The van der Waals surface area contributed by atoms with Gasteiger partial charge in [0, 0.05) is 16.7 Å². The molecule has 1 aromatic carbocycles. The highest BCUT2D eigenvalue weighted by atomic mass is 32.2. The summed E-state index contributed by atoms with van der Waals surface area (Å²) in [5, 5.41) is 2.75. The molecule has 1 unspecified atom stereocenters. The van der Waals surface area contributed by atoms with Crippen molar-refractivity contribution in [3.63, 3.8) is 0 Å². The van der Waals surface area contributed by atoms with Gasteiger partial charge < -0.3 is 11.1 Å². The van der Waals surface area contributed by atoms with Crippen LogP contribution < -0.4 is 11.1 Å². The van der Waals surface area contributed by atoms with E-state index in [1.165, 1.54) is 4.90 Å². The first-order chi connectivity index (χ1) is 7.24. The topological polar surface area (TPSA) is 38.0 Å². The average molecular weight is 226 g/mol. The Hall–Kier alpha value is -0.510. The molecule has 0 fully saturated rings. The Balaban J connectivity index is 0.000000583. The fourth-order valence-corrected chi connectivity index (χ4v) is 1.83. The molecule has 0 aromatic heterocycles. The van der Waals surface area contributed by atoms with Gasteiger partial charge in [0.15, 0.2) is 0 Å². The van der Waals surface area contributed by atoms with Gasteiger partial charge in [-0.25, -0.2) is 0 Å². The minimum absolute atomic E-state index is 0.329. The molecule has 3 heteroatoms. The minimum atomic E-state index is 0.329. The molecule has 0 heterocycles. The Bertz CT molecular complexity index is 226. The van der Waals surface area contributed by atoms with Crippen LogP contribution in [0.4, 0.5) is 0 Å². The molecule has 0 spiro atoms. The predicted octanol–water partition coefficient (Wildman–Crippen LogP) is 2.35. The number of nitrogens with one attached hydrogen (secondary N) is 1. The zero-order valence-corrected chi connectivity index (χ0v) is 10.7. The predicted molar refractivity (Wildman–Crippen MR) is 70.4 cm³/mol. The van der Waals surface area contributed by atoms with Crippen LogP contribution in [0.3, 0.4) is 0 Å². The largest absolute Gasteiger partial charge is 0.327 e. The Morgan fingerprint density at radius 1 is 1.27 bits per heavy atom. The first-order valence-corrected chi connectivity index (χ1v) is 6.25. The van der Waals surface area contributed by atoms with Crippen LogP contribution in [0, 0.1) is 0 Å². The number of rotatable bonds is 4. The molecule has 0 saturated carbocycles. The summed E-state index contributed by atoms with van der Waals surface area (Å²) >= 11 is 1.83. The maximum absolute atomic E-state index is 5.80. The highest BCUT2D eigenvalue weighted by molar-refractivity contribution is 7.99. The summed E-state index contributed by atoms with van der Waals surface area (Å²) in [5.41, 5.74) is 5.80. The molecular formula is C12H22N2S. The van der Waals surface area contributed by atoms with Crippen molar-refractivity contribution in [1.82, 2.24) is 5.32 Å². The molecule has 0 saturated heterocycles. The molecule has 15 heavy (non-hydrogen) atoms. The Labute approximate surface area is 97.6 Å². The van der Waals surface area contributed by atoms with E-state index in [-0.39, 0.29) is 0 Å². The van der Waals surface area contributed by atoms with E-state index in [1.807, 2.05) is 31.9 Å². The zero-order chi connectivity index (χ0) is 11.5. The summed E-state index contributed by atoms with van der Waals surface area (Å²) < 4.78 is 0. The number of hydrogen-bond donors (Lipinski definition) is 2. The average Bonchev–Trinajstić information content (AvgIpc) is 2.28. The van der Waals surface area contributed by atoms with Crippen molar-refractivity contribution in [3.05, 3.63) is 30.3 Å². The lowest BCUT2D eigenvalue weighted by Crippen LogP contribution is -2.21. The fraction of sp³-hybridized carbons (Fsp3) is 0.500. The molecule has 0 aliphatic rings. The van der Waals surface area contributed by atoms with E-state index >= 15 is 0 Å². The first-order valence-electron chi connectivity index (χ1n) is 5.26. The summed E-state index contributed by atoms with van der Waals surface area (Å²) in [6.07, 6.45) is 1.06. The normalized spacial score (nSPS) is 11.5. The summed E-state index contributed by atoms with van der Waals surface area (Å²) in [7, 11) is 3.75. The van der Waals surface area contributed by atoms with Gasteiger partial charge in [-0.15, -0.1) is 11.8 Å². The second-order valence-electron chi connectivity index (χ2n) is 3.29. The van der Waals surface area contributed by atoms with Gasteiger partial charge in [0.1, 0.15) is 0 Å². The Kier molecular flexibility index (Phi) is 9.68. The van der Waals surface area contributed by atoms with Crippen LogP contribution in [0.1, 0.15) is 13.3 Å². The van der Waals surface area contributed by atoms with Crippen molar-refractivity contribution in [2.75, 3.05) is 19.8 Å². The third-order valence-corrected chi connectivity index (χ3v) is 2.93. The lowest BCUT2D eigenvalue weighted by molar-refractivity contribution is 0.725. The molecule has 2 nitrogen and oxygen atoms in total. The van der Waals surface area contributed by atoms with Crippen molar-refractivity contribution in [1.29, 1.82) is 0 Å². The van der Waals surface area contributed by atoms with Gasteiger partial charge in [0.25, 0.3) is 0 Å². The number of hydrogen-bond acceptors (Lipinski definition) is 3. The van der Waals surface area contributed by atoms with Crippen molar-refractivity contribution < 1.29 is 0 Å². The third-order valence-electron chi connectivity index (χ3n) is 1.73. The van der Waals surface area contributed by atoms with E-state index in [9.17, 15) is 0 Å². The smallest absolute Gasteiger partial charge is 0.0132 e. The molecule has 0 radical (unpaired) electrons. The third kappa shape index (κ3) is 8.48. The van der Waals surface area contributed by atoms with Gasteiger partial charge >= 0.3 is 0 Å². The Morgan fingerprint density at radius 2 is 1.80 bits per heavy atom. The highest BCUT2D eigenvalue weighted by Crippen LogP contribution is 2.17. The lowest BCUT2D eigenvalue weighted by atomic mass is 10.3. The van der Waals surface area contributed by atoms with Crippen molar-refractivity contribution in [2.45, 2.75) is 24.3 Å². The molecule has 1 aromatic rings. The van der Waals surface area contributed by atoms with Crippen molar-refractivity contribution in [2.24, 2.45) is 5.73 Å². The summed E-state index contributed by atoms with van der Waals surface area (Å²) in [6, 6.07) is 10.7. The summed E-state index contributed by atoms with van der Waals surface area (Å²) in [5.74, 6) is 1.01. The second kappa shape index (κ2) is 10.0. The number of thioether (sulfide) groups is 1. The zero-order valence-electron chi connectivity index (χ0n) is 9.86. The van der Waals surface area contributed by atoms with E-state index in [4.69, 9.17) is 5.73 Å². The molecule has 0 aliphatic carbocycles. The summed E-state index contributed by atoms with van der Waals surface area (Å²) in [6.45, 7) is 2.12. The van der Waals surface area contributed by atoms with E-state index in [0.29, 0.717) is 6.04 Å². The van der Waals surface area contributed by atoms with Crippen LogP contribution in [0.2, 0.25) is 0 Å². The van der Waals surface area contributed by atoms with Crippen molar-refractivity contribution >= 4 is 11.8 Å². The maximum atomic E-state index is 5.80. The van der Waals surface area contributed by atoms with Gasteiger partial charge in [0.05, 0.1) is 0 Å². The van der Waals surface area contributed by atoms with Gasteiger partial charge in [-0.2, -0.15) is 0 Å². The summed E-state index contributed by atoms with van der Waals surface area (Å²) in [4.78, 5) is 1.31. The van der Waals surface area contributed by atoms with Gasteiger partial charge in [0.2, 0.25) is 0 Å². The molecule has 0 aliphatic heterocycles. The van der Waals surface area contributed by atoms with E-state index < -0.39 is 0 Å². The molecule has 0 bridgehead atoms. The quantitative estimate of drug-likeness (QED) is 0.774. The first kappa shape index (κ1) is 14.5. The van der Waals surface area contributed by atoms with E-state index in [2.05, 4.69) is 36.5 Å². The molecular weight excluding hydrogens is 204 g/mol. The van der Waals surface area contributed by atoms with Gasteiger partial charge in [-0.3, -0.25) is 0 Å². The van der Waals surface area contributed by atoms with Crippen molar-refractivity contribution in [3.8, 4) is 0 Å². The fourth-order valence-electron chi connectivity index (χ4n) is 0.838. The minimum Gasteiger partial charge on any atom is -0.327 e. The number of nitrogens with two attached hydrogens (primary N) is 1. The van der Waals surface area contributed by atoms with E-state index in [1.54, 1.807) is 0 Å². The van der Waals surface area contributed by atoms with Gasteiger partial charge in [-0.05, 0) is 32.6 Å². The SMILES string of the molecule is CCC(N)CSc1ccccc1.CNC. The highest BCUT2D eigenvalue weighted by Gasteiger charge is 1.99. The van der Waals surface area contributed by atoms with E-state index in [0.717, 1.165) is 12.2 Å². The number of benzene rings is 1. The molecule has 86 valence electrons. The van der Waals surface area contributed by atoms with Crippen LogP contribution >= 0.6 is 11.8 Å². The second-order valence-corrected chi connectivity index (χ2v) is 4.39. The molecule has 3 N–H and O–H groups in total. The van der Waals surface area contributed by atoms with Crippen LogP contribution in [0.5, 0.6) is 0 Å². The standard InChI is InChI=1S/C10H15NS.C2H7N/c1-2-9(11)8-12-10-6-4-3-5-7-10;1-3-2/h3-7,9H,2,8,11H2,1H3;3H,1-2H3. The van der Waals surface area contributed by atoms with Crippen LogP contribution in [-0.2, 0) is 0 Å². The molecule has 1 rings (SSSR count). The maximum Gasteiger partial charge on any atom is 0.0132 e. The van der Waals surface area contributed by atoms with Gasteiger partial charge in [-0.1, -0.05) is 25.1 Å².